The van der Waals surface area contributed by atoms with Gasteiger partial charge in [0.25, 0.3) is 0 Å². The lowest BCUT2D eigenvalue weighted by Crippen LogP contribution is -2.39. The summed E-state index contributed by atoms with van der Waals surface area (Å²) in [6, 6.07) is 0. The molecule has 5 heteroatoms. The Morgan fingerprint density at radius 3 is 2.71 bits per heavy atom. The second-order valence-electron chi connectivity index (χ2n) is 3.95. The summed E-state index contributed by atoms with van der Waals surface area (Å²) in [5.41, 5.74) is 0. The summed E-state index contributed by atoms with van der Waals surface area (Å²) in [7, 11) is 0. The highest BCUT2D eigenvalue weighted by Gasteiger charge is 2.49. The molecule has 2 rings (SSSR count). The lowest BCUT2D eigenvalue weighted by Gasteiger charge is -2.30. The molecule has 2 fully saturated rings. The van der Waals surface area contributed by atoms with E-state index in [1.807, 2.05) is 0 Å². The molecule has 0 aromatic carbocycles. The summed E-state index contributed by atoms with van der Waals surface area (Å²) in [5.74, 6) is -2.04. The third kappa shape index (κ3) is 1.65. The van der Waals surface area contributed by atoms with Gasteiger partial charge in [-0.25, -0.2) is 0 Å². The molecule has 0 unspecified atom stereocenters. The van der Waals surface area contributed by atoms with Crippen LogP contribution in [0.1, 0.15) is 19.3 Å². The predicted molar refractivity (Wildman–Crippen MR) is 41.6 cm³/mol. The van der Waals surface area contributed by atoms with E-state index in [1.54, 1.807) is 0 Å². The minimum Gasteiger partial charge on any atom is -0.377 e. The Hall–Kier alpha value is -0.580. The Labute approximate surface area is 79.4 Å². The van der Waals surface area contributed by atoms with Crippen molar-refractivity contribution in [3.63, 3.8) is 0 Å². The number of ether oxygens (including phenoxy) is 1. The van der Waals surface area contributed by atoms with Gasteiger partial charge in [0.15, 0.2) is 0 Å². The molecule has 1 heterocycles. The largest absolute Gasteiger partial charge is 0.392 e. The van der Waals surface area contributed by atoms with E-state index in [9.17, 15) is 18.0 Å². The van der Waals surface area contributed by atoms with Gasteiger partial charge in [-0.2, -0.15) is 13.2 Å². The normalized spacial score (nSPS) is 38.5. The molecule has 0 bridgehead atoms. The summed E-state index contributed by atoms with van der Waals surface area (Å²) >= 11 is 0. The molecule has 2 nitrogen and oxygen atoms in total. The number of ketones is 1. The first-order chi connectivity index (χ1) is 6.48. The Morgan fingerprint density at radius 2 is 2.07 bits per heavy atom. The van der Waals surface area contributed by atoms with Crippen LogP contribution in [0.25, 0.3) is 0 Å². The predicted octanol–water partition coefficient (Wildman–Crippen LogP) is 1.93. The highest BCUT2D eigenvalue weighted by atomic mass is 19.4. The maximum Gasteiger partial charge on any atom is 0.392 e. The van der Waals surface area contributed by atoms with Crippen molar-refractivity contribution in [3.05, 3.63) is 0 Å². The Balaban J connectivity index is 2.10. The smallest absolute Gasteiger partial charge is 0.377 e. The first-order valence-electron chi connectivity index (χ1n) is 4.69. The average molecular weight is 208 g/mol. The van der Waals surface area contributed by atoms with Gasteiger partial charge in [-0.05, 0) is 12.8 Å². The summed E-state index contributed by atoms with van der Waals surface area (Å²) in [6.45, 7) is 0.422. The molecule has 2 aliphatic rings. The lowest BCUT2D eigenvalue weighted by molar-refractivity contribution is -0.193. The van der Waals surface area contributed by atoms with E-state index in [1.165, 1.54) is 0 Å². The molecule has 0 spiro atoms. The highest BCUT2D eigenvalue weighted by Crippen LogP contribution is 2.42. The fourth-order valence-corrected chi connectivity index (χ4v) is 2.26. The van der Waals surface area contributed by atoms with Crippen molar-refractivity contribution in [1.29, 1.82) is 0 Å². The quantitative estimate of drug-likeness (QED) is 0.608. The van der Waals surface area contributed by atoms with E-state index in [0.29, 0.717) is 13.0 Å². The van der Waals surface area contributed by atoms with Gasteiger partial charge in [0, 0.05) is 18.9 Å². The van der Waals surface area contributed by atoms with E-state index < -0.39 is 18.2 Å². The molecule has 3 atom stereocenters. The van der Waals surface area contributed by atoms with Crippen molar-refractivity contribution in [2.24, 2.45) is 11.8 Å². The number of hydrogen-bond acceptors (Lipinski definition) is 2. The molecule has 0 aromatic heterocycles. The molecule has 14 heavy (non-hydrogen) atoms. The van der Waals surface area contributed by atoms with Gasteiger partial charge in [0.05, 0.1) is 12.0 Å². The van der Waals surface area contributed by atoms with E-state index in [-0.39, 0.29) is 24.5 Å². The minimum absolute atomic E-state index is 0.0418. The molecular weight excluding hydrogens is 197 g/mol. The first kappa shape index (κ1) is 9.96. The minimum atomic E-state index is -4.26. The second-order valence-corrected chi connectivity index (χ2v) is 3.95. The zero-order chi connectivity index (χ0) is 10.3. The lowest BCUT2D eigenvalue weighted by atomic mass is 9.78. The van der Waals surface area contributed by atoms with E-state index in [2.05, 4.69) is 0 Å². The van der Waals surface area contributed by atoms with Crippen LogP contribution in [-0.2, 0) is 9.53 Å². The highest BCUT2D eigenvalue weighted by molar-refractivity contribution is 5.83. The summed E-state index contributed by atoms with van der Waals surface area (Å²) in [5, 5.41) is 0. The van der Waals surface area contributed by atoms with E-state index in [4.69, 9.17) is 4.74 Å². The number of carbonyl (C=O) groups is 1. The topological polar surface area (TPSA) is 26.3 Å². The number of fused-ring (bicyclic) bond motifs is 1. The van der Waals surface area contributed by atoms with Crippen molar-refractivity contribution < 1.29 is 22.7 Å². The molecule has 0 radical (unpaired) electrons. The fourth-order valence-electron chi connectivity index (χ4n) is 2.26. The third-order valence-electron chi connectivity index (χ3n) is 3.05. The molecule has 0 N–H and O–H groups in total. The van der Waals surface area contributed by atoms with Crippen LogP contribution in [0.2, 0.25) is 0 Å². The average Bonchev–Trinajstić information content (AvgIpc) is 2.50. The molecule has 1 aliphatic heterocycles. The van der Waals surface area contributed by atoms with Crippen LogP contribution >= 0.6 is 0 Å². The standard InChI is InChI=1S/C9H11F3O2/c10-9(11,12)5-3-7(13)6-1-2-14-8(6)4-5/h5-6,8H,1-4H2/t5-,6+,8+/m1/s1. The molecule has 1 aliphatic carbocycles. The van der Waals surface area contributed by atoms with Crippen LogP contribution in [0.5, 0.6) is 0 Å². The van der Waals surface area contributed by atoms with Crippen LogP contribution in [0.3, 0.4) is 0 Å². The maximum absolute atomic E-state index is 12.4. The molecule has 80 valence electrons. The number of alkyl halides is 3. The van der Waals surface area contributed by atoms with E-state index in [0.717, 1.165) is 0 Å². The molecule has 0 aromatic rings. The number of halogens is 3. The summed E-state index contributed by atoms with van der Waals surface area (Å²) < 4.78 is 42.2. The van der Waals surface area contributed by atoms with Gasteiger partial charge in [-0.1, -0.05) is 0 Å². The van der Waals surface area contributed by atoms with Crippen molar-refractivity contribution in [2.75, 3.05) is 6.61 Å². The fraction of sp³-hybridized carbons (Fsp3) is 0.889. The summed E-state index contributed by atoms with van der Waals surface area (Å²) in [4.78, 5) is 11.4. The van der Waals surface area contributed by atoms with Crippen molar-refractivity contribution >= 4 is 5.78 Å². The van der Waals surface area contributed by atoms with Gasteiger partial charge in [-0.15, -0.1) is 0 Å². The van der Waals surface area contributed by atoms with Crippen LogP contribution in [0.15, 0.2) is 0 Å². The number of carbonyl (C=O) groups excluding carboxylic acids is 1. The Kier molecular flexibility index (Phi) is 2.29. The molecular formula is C9H11F3O2. The number of hydrogen-bond donors (Lipinski definition) is 0. The summed E-state index contributed by atoms with van der Waals surface area (Å²) in [6.07, 6.45) is -4.54. The van der Waals surface area contributed by atoms with Crippen LogP contribution in [0.4, 0.5) is 13.2 Å². The van der Waals surface area contributed by atoms with Crippen LogP contribution in [-0.4, -0.2) is 24.7 Å². The Bertz CT molecular complexity index is 249. The molecule has 1 saturated heterocycles. The Morgan fingerprint density at radius 1 is 1.36 bits per heavy atom. The van der Waals surface area contributed by atoms with Gasteiger partial charge in [0.2, 0.25) is 0 Å². The van der Waals surface area contributed by atoms with Crippen molar-refractivity contribution in [2.45, 2.75) is 31.5 Å². The second kappa shape index (κ2) is 3.22. The third-order valence-corrected chi connectivity index (χ3v) is 3.05. The van der Waals surface area contributed by atoms with Crippen LogP contribution in [0, 0.1) is 11.8 Å². The van der Waals surface area contributed by atoms with Gasteiger partial charge < -0.3 is 4.74 Å². The van der Waals surface area contributed by atoms with Crippen molar-refractivity contribution in [3.8, 4) is 0 Å². The van der Waals surface area contributed by atoms with Gasteiger partial charge in [0.1, 0.15) is 5.78 Å². The zero-order valence-electron chi connectivity index (χ0n) is 7.51. The van der Waals surface area contributed by atoms with Crippen molar-refractivity contribution in [1.82, 2.24) is 0 Å². The maximum atomic E-state index is 12.4. The van der Waals surface area contributed by atoms with E-state index >= 15 is 0 Å². The number of Topliss-reactive ketones (excluding diaryl/α,β-unsaturated/α-hetero) is 1. The van der Waals surface area contributed by atoms with Gasteiger partial charge in [-0.3, -0.25) is 4.79 Å². The van der Waals surface area contributed by atoms with Gasteiger partial charge >= 0.3 is 6.18 Å². The van der Waals surface area contributed by atoms with Crippen LogP contribution < -0.4 is 0 Å². The first-order valence-corrected chi connectivity index (χ1v) is 4.69. The molecule has 0 amide bonds. The zero-order valence-corrected chi connectivity index (χ0v) is 7.51. The monoisotopic (exact) mass is 208 g/mol. The SMILES string of the molecule is O=C1C[C@@H](C(F)(F)F)C[C@@H]2OCC[C@@H]12. The number of rotatable bonds is 0. The molecule has 1 saturated carbocycles.